The molecule has 0 N–H and O–H groups in total. The summed E-state index contributed by atoms with van der Waals surface area (Å²) in [5.74, 6) is -0.120. The first-order chi connectivity index (χ1) is 10.4. The number of carbonyl (C=O) groups is 1. The number of morpholine rings is 1. The Morgan fingerprint density at radius 2 is 2.00 bits per heavy atom. The average Bonchev–Trinajstić information content (AvgIpc) is 2.96. The van der Waals surface area contributed by atoms with Crippen molar-refractivity contribution in [3.05, 3.63) is 35.6 Å². The van der Waals surface area contributed by atoms with Crippen LogP contribution >= 0.6 is 0 Å². The van der Waals surface area contributed by atoms with E-state index in [4.69, 9.17) is 4.74 Å². The highest BCUT2D eigenvalue weighted by atomic mass is 19.1. The van der Waals surface area contributed by atoms with Gasteiger partial charge in [-0.05, 0) is 44.4 Å². The molecule has 22 heavy (non-hydrogen) atoms. The number of nitrogens with zero attached hydrogens (tertiary/aromatic N) is 1. The zero-order chi connectivity index (χ0) is 15.8. The SMILES string of the molecule is CC1(C)CN(C(=O)C2(c3cccc(F)c3)CCCC2)CCO1. The molecule has 0 bridgehead atoms. The summed E-state index contributed by atoms with van der Waals surface area (Å²) >= 11 is 0. The third-order valence-corrected chi connectivity index (χ3v) is 4.96. The first kappa shape index (κ1) is 15.5. The predicted octanol–water partition coefficient (Wildman–Crippen LogP) is 3.27. The molecule has 3 rings (SSSR count). The van der Waals surface area contributed by atoms with E-state index in [0.29, 0.717) is 19.7 Å². The monoisotopic (exact) mass is 305 g/mol. The highest BCUT2D eigenvalue weighted by molar-refractivity contribution is 5.88. The molecule has 2 aliphatic rings. The Kier molecular flexibility index (Phi) is 3.98. The number of rotatable bonds is 2. The van der Waals surface area contributed by atoms with E-state index in [0.717, 1.165) is 31.2 Å². The maximum Gasteiger partial charge on any atom is 0.233 e. The topological polar surface area (TPSA) is 29.5 Å². The van der Waals surface area contributed by atoms with Crippen molar-refractivity contribution in [2.75, 3.05) is 19.7 Å². The number of hydrogen-bond donors (Lipinski definition) is 0. The summed E-state index contributed by atoms with van der Waals surface area (Å²) in [6, 6.07) is 6.59. The summed E-state index contributed by atoms with van der Waals surface area (Å²) < 4.78 is 19.4. The van der Waals surface area contributed by atoms with Gasteiger partial charge in [0.1, 0.15) is 5.82 Å². The minimum absolute atomic E-state index is 0.145. The maximum absolute atomic E-state index is 13.7. The Bertz CT molecular complexity index is 564. The van der Waals surface area contributed by atoms with E-state index in [-0.39, 0.29) is 17.3 Å². The molecule has 0 atom stereocenters. The molecule has 1 saturated carbocycles. The Morgan fingerprint density at radius 3 is 2.64 bits per heavy atom. The van der Waals surface area contributed by atoms with Gasteiger partial charge in [-0.25, -0.2) is 4.39 Å². The Balaban J connectivity index is 1.92. The van der Waals surface area contributed by atoms with Gasteiger partial charge in [0.25, 0.3) is 0 Å². The number of carbonyl (C=O) groups excluding carboxylic acids is 1. The summed E-state index contributed by atoms with van der Waals surface area (Å²) in [6.07, 6.45) is 3.67. The lowest BCUT2D eigenvalue weighted by molar-refractivity contribution is -0.151. The Labute approximate surface area is 131 Å². The van der Waals surface area contributed by atoms with Crippen molar-refractivity contribution in [2.45, 2.75) is 50.5 Å². The van der Waals surface area contributed by atoms with Crippen molar-refractivity contribution >= 4 is 5.91 Å². The molecule has 1 amide bonds. The van der Waals surface area contributed by atoms with Crippen LogP contribution in [0.1, 0.15) is 45.1 Å². The summed E-state index contributed by atoms with van der Waals surface area (Å²) in [4.78, 5) is 15.2. The molecule has 4 heteroatoms. The smallest absolute Gasteiger partial charge is 0.233 e. The maximum atomic E-state index is 13.7. The van der Waals surface area contributed by atoms with Crippen molar-refractivity contribution in [2.24, 2.45) is 0 Å². The first-order valence-electron chi connectivity index (χ1n) is 8.12. The molecule has 1 heterocycles. The standard InChI is InChI=1S/C18H24FNO2/c1-17(2)13-20(10-11-22-17)16(21)18(8-3-4-9-18)14-6-5-7-15(19)12-14/h5-7,12H,3-4,8-11,13H2,1-2H3. The van der Waals surface area contributed by atoms with Crippen LogP contribution in [0.5, 0.6) is 0 Å². The molecular formula is C18H24FNO2. The number of halogens is 1. The molecule has 0 unspecified atom stereocenters. The number of amides is 1. The van der Waals surface area contributed by atoms with E-state index in [1.807, 2.05) is 24.8 Å². The zero-order valence-corrected chi connectivity index (χ0v) is 13.4. The number of hydrogen-bond acceptors (Lipinski definition) is 2. The Hall–Kier alpha value is -1.42. The first-order valence-corrected chi connectivity index (χ1v) is 8.12. The molecule has 1 aliphatic heterocycles. The lowest BCUT2D eigenvalue weighted by atomic mass is 9.77. The molecule has 1 aromatic carbocycles. The predicted molar refractivity (Wildman–Crippen MR) is 83.2 cm³/mol. The van der Waals surface area contributed by atoms with Crippen LogP contribution in [0, 0.1) is 5.82 Å². The second kappa shape index (κ2) is 5.65. The van der Waals surface area contributed by atoms with E-state index >= 15 is 0 Å². The van der Waals surface area contributed by atoms with Gasteiger partial charge in [-0.1, -0.05) is 25.0 Å². The summed E-state index contributed by atoms with van der Waals surface area (Å²) in [7, 11) is 0. The van der Waals surface area contributed by atoms with Crippen LogP contribution in [-0.4, -0.2) is 36.1 Å². The van der Waals surface area contributed by atoms with Gasteiger partial charge in [-0.3, -0.25) is 4.79 Å². The van der Waals surface area contributed by atoms with E-state index in [9.17, 15) is 9.18 Å². The van der Waals surface area contributed by atoms with E-state index < -0.39 is 5.41 Å². The van der Waals surface area contributed by atoms with E-state index in [1.54, 1.807) is 6.07 Å². The molecule has 0 aromatic heterocycles. The van der Waals surface area contributed by atoms with Crippen molar-refractivity contribution in [3.63, 3.8) is 0 Å². The summed E-state index contributed by atoms with van der Waals surface area (Å²) in [5.41, 5.74) is -0.0233. The molecule has 120 valence electrons. The number of benzene rings is 1. The lowest BCUT2D eigenvalue weighted by Gasteiger charge is -2.42. The van der Waals surface area contributed by atoms with Crippen LogP contribution in [0.25, 0.3) is 0 Å². The van der Waals surface area contributed by atoms with Gasteiger partial charge in [0, 0.05) is 13.1 Å². The molecule has 0 spiro atoms. The third-order valence-electron chi connectivity index (χ3n) is 4.96. The quantitative estimate of drug-likeness (QED) is 0.839. The van der Waals surface area contributed by atoms with Gasteiger partial charge < -0.3 is 9.64 Å². The molecular weight excluding hydrogens is 281 g/mol. The van der Waals surface area contributed by atoms with Crippen molar-refractivity contribution in [1.29, 1.82) is 0 Å². The summed E-state index contributed by atoms with van der Waals surface area (Å²) in [5, 5.41) is 0. The van der Waals surface area contributed by atoms with Crippen molar-refractivity contribution in [1.82, 2.24) is 4.90 Å². The van der Waals surface area contributed by atoms with Crippen LogP contribution in [0.4, 0.5) is 4.39 Å². The van der Waals surface area contributed by atoms with Crippen LogP contribution in [0.3, 0.4) is 0 Å². The summed E-state index contributed by atoms with van der Waals surface area (Å²) in [6.45, 7) is 5.81. The largest absolute Gasteiger partial charge is 0.372 e. The van der Waals surface area contributed by atoms with Gasteiger partial charge in [-0.2, -0.15) is 0 Å². The van der Waals surface area contributed by atoms with E-state index in [2.05, 4.69) is 0 Å². The normalized spacial score (nSPS) is 23.5. The van der Waals surface area contributed by atoms with Gasteiger partial charge in [0.05, 0.1) is 17.6 Å². The fourth-order valence-corrected chi connectivity index (χ4v) is 3.88. The molecule has 1 aliphatic carbocycles. The van der Waals surface area contributed by atoms with E-state index in [1.165, 1.54) is 12.1 Å². The average molecular weight is 305 g/mol. The molecule has 3 nitrogen and oxygen atoms in total. The fourth-order valence-electron chi connectivity index (χ4n) is 3.88. The second-order valence-corrected chi connectivity index (χ2v) is 7.13. The van der Waals surface area contributed by atoms with Crippen LogP contribution in [-0.2, 0) is 14.9 Å². The lowest BCUT2D eigenvalue weighted by Crippen LogP contribution is -2.55. The van der Waals surface area contributed by atoms with Crippen molar-refractivity contribution in [3.8, 4) is 0 Å². The third kappa shape index (κ3) is 2.76. The van der Waals surface area contributed by atoms with Gasteiger partial charge in [-0.15, -0.1) is 0 Å². The second-order valence-electron chi connectivity index (χ2n) is 7.13. The minimum Gasteiger partial charge on any atom is -0.372 e. The molecule has 1 aromatic rings. The minimum atomic E-state index is -0.546. The van der Waals surface area contributed by atoms with Crippen molar-refractivity contribution < 1.29 is 13.9 Å². The molecule has 1 saturated heterocycles. The highest BCUT2D eigenvalue weighted by Crippen LogP contribution is 2.43. The van der Waals surface area contributed by atoms with Gasteiger partial charge >= 0.3 is 0 Å². The van der Waals surface area contributed by atoms with Crippen LogP contribution < -0.4 is 0 Å². The van der Waals surface area contributed by atoms with Gasteiger partial charge in [0.2, 0.25) is 5.91 Å². The van der Waals surface area contributed by atoms with Crippen LogP contribution in [0.2, 0.25) is 0 Å². The Morgan fingerprint density at radius 1 is 1.27 bits per heavy atom. The zero-order valence-electron chi connectivity index (χ0n) is 13.4. The molecule has 2 fully saturated rings. The molecule has 0 radical (unpaired) electrons. The number of ether oxygens (including phenoxy) is 1. The van der Waals surface area contributed by atoms with Crippen LogP contribution in [0.15, 0.2) is 24.3 Å². The highest BCUT2D eigenvalue weighted by Gasteiger charge is 2.46. The fraction of sp³-hybridized carbons (Fsp3) is 0.611. The van der Waals surface area contributed by atoms with Gasteiger partial charge in [0.15, 0.2) is 0 Å².